The van der Waals surface area contributed by atoms with Gasteiger partial charge in [0.1, 0.15) is 6.23 Å². The summed E-state index contributed by atoms with van der Waals surface area (Å²) in [6.45, 7) is 6.20. The van der Waals surface area contributed by atoms with Crippen molar-refractivity contribution in [1.29, 1.82) is 0 Å². The predicted octanol–water partition coefficient (Wildman–Crippen LogP) is 4.90. The maximum absolute atomic E-state index is 12.5. The quantitative estimate of drug-likeness (QED) is 0.446. The van der Waals surface area contributed by atoms with Crippen LogP contribution in [0.25, 0.3) is 10.1 Å². The summed E-state index contributed by atoms with van der Waals surface area (Å²) in [5.74, 6) is 0.0628. The first-order valence-corrected chi connectivity index (χ1v) is 12.5. The first-order valence-electron chi connectivity index (χ1n) is 11.6. The number of piperazine rings is 1. The third kappa shape index (κ3) is 5.19. The van der Waals surface area contributed by atoms with Gasteiger partial charge < -0.3 is 14.5 Å². The number of amides is 1. The molecule has 1 fully saturated rings. The van der Waals surface area contributed by atoms with Gasteiger partial charge in [-0.3, -0.25) is 9.69 Å². The lowest BCUT2D eigenvalue weighted by Crippen LogP contribution is -2.46. The van der Waals surface area contributed by atoms with Crippen LogP contribution in [0.4, 0.5) is 5.69 Å². The lowest BCUT2D eigenvalue weighted by Gasteiger charge is -2.36. The Morgan fingerprint density at radius 1 is 1.00 bits per heavy atom. The molecule has 3 aromatic rings. The molecule has 7 heteroatoms. The van der Waals surface area contributed by atoms with Crippen LogP contribution in [0.3, 0.4) is 0 Å². The molecule has 2 aromatic carbocycles. The van der Waals surface area contributed by atoms with Gasteiger partial charge in [-0.05, 0) is 54.6 Å². The van der Waals surface area contributed by atoms with Gasteiger partial charge in [0, 0.05) is 67.6 Å². The van der Waals surface area contributed by atoms with E-state index in [2.05, 4.69) is 39.4 Å². The van der Waals surface area contributed by atoms with Crippen LogP contribution >= 0.6 is 23.7 Å². The van der Waals surface area contributed by atoms with Crippen molar-refractivity contribution >= 4 is 45.4 Å². The van der Waals surface area contributed by atoms with Crippen molar-refractivity contribution in [3.8, 4) is 0 Å². The van der Waals surface area contributed by atoms with Gasteiger partial charge in [0.25, 0.3) is 5.91 Å². The number of ether oxygens (including phenoxy) is 1. The molecule has 1 amide bonds. The number of benzene rings is 2. The number of anilines is 1. The lowest BCUT2D eigenvalue weighted by atomic mass is 9.98. The maximum Gasteiger partial charge on any atom is 0.255 e. The van der Waals surface area contributed by atoms with Crippen LogP contribution in [0.5, 0.6) is 0 Å². The highest BCUT2D eigenvalue weighted by atomic mass is 35.5. The number of carbonyl (C=O) groups excluding carboxylic acids is 1. The van der Waals surface area contributed by atoms with Crippen LogP contribution in [0.2, 0.25) is 0 Å². The average Bonchev–Trinajstić information content (AvgIpc) is 3.31. The van der Waals surface area contributed by atoms with Crippen LogP contribution in [0.1, 0.15) is 28.8 Å². The van der Waals surface area contributed by atoms with E-state index in [0.717, 1.165) is 63.1 Å². The Morgan fingerprint density at radius 2 is 1.82 bits per heavy atom. The highest BCUT2D eigenvalue weighted by molar-refractivity contribution is 7.17. The number of rotatable bonds is 7. The SMILES string of the molecule is CN1C(=O)c2ccccc2CC1OCCCCN1CCN(c2cccc3sccc23)CC1.Cl. The molecule has 0 radical (unpaired) electrons. The molecule has 33 heavy (non-hydrogen) atoms. The van der Waals surface area contributed by atoms with Gasteiger partial charge in [0.15, 0.2) is 0 Å². The van der Waals surface area contributed by atoms with Crippen LogP contribution in [0.15, 0.2) is 53.9 Å². The summed E-state index contributed by atoms with van der Waals surface area (Å²) in [6.07, 6.45) is 2.77. The Balaban J connectivity index is 0.00000259. The summed E-state index contributed by atoms with van der Waals surface area (Å²) in [5, 5.41) is 3.57. The minimum Gasteiger partial charge on any atom is -0.368 e. The van der Waals surface area contributed by atoms with Crippen LogP contribution in [0, 0.1) is 0 Å². The van der Waals surface area contributed by atoms with Gasteiger partial charge in [-0.15, -0.1) is 23.7 Å². The Morgan fingerprint density at radius 3 is 2.67 bits per heavy atom. The Bertz CT molecular complexity index is 1080. The van der Waals surface area contributed by atoms with Crippen molar-refractivity contribution in [3.63, 3.8) is 0 Å². The van der Waals surface area contributed by atoms with E-state index < -0.39 is 0 Å². The molecule has 0 bridgehead atoms. The molecule has 1 saturated heterocycles. The van der Waals surface area contributed by atoms with Gasteiger partial charge in [0.05, 0.1) is 0 Å². The number of thiophene rings is 1. The van der Waals surface area contributed by atoms with Gasteiger partial charge in [-0.2, -0.15) is 0 Å². The molecule has 0 spiro atoms. The molecule has 1 atom stereocenters. The Hall–Kier alpha value is -2.12. The normalized spacial score (nSPS) is 18.9. The molecular weight excluding hydrogens is 454 g/mol. The second-order valence-electron chi connectivity index (χ2n) is 8.75. The number of hydrogen-bond acceptors (Lipinski definition) is 5. The number of likely N-dealkylation sites (N-methyl/N-ethyl adjacent to an activating group) is 1. The van der Waals surface area contributed by atoms with E-state index in [1.54, 1.807) is 4.90 Å². The topological polar surface area (TPSA) is 36.0 Å². The van der Waals surface area contributed by atoms with Crippen molar-refractivity contribution in [3.05, 3.63) is 65.0 Å². The maximum atomic E-state index is 12.5. The molecule has 5 nitrogen and oxygen atoms in total. The van der Waals surface area contributed by atoms with Crippen LogP contribution in [-0.2, 0) is 11.2 Å². The van der Waals surface area contributed by atoms with E-state index in [1.165, 1.54) is 15.8 Å². The summed E-state index contributed by atoms with van der Waals surface area (Å²) in [4.78, 5) is 19.4. The number of carbonyl (C=O) groups is 1. The number of hydrogen-bond donors (Lipinski definition) is 0. The van der Waals surface area contributed by atoms with Crippen molar-refractivity contribution in [1.82, 2.24) is 9.80 Å². The van der Waals surface area contributed by atoms with Crippen LogP contribution in [-0.4, -0.2) is 68.3 Å². The molecular formula is C26H32ClN3O2S. The highest BCUT2D eigenvalue weighted by Crippen LogP contribution is 2.31. The van der Waals surface area contributed by atoms with E-state index in [4.69, 9.17) is 4.74 Å². The van der Waals surface area contributed by atoms with Gasteiger partial charge >= 0.3 is 0 Å². The Labute approximate surface area is 206 Å². The summed E-state index contributed by atoms with van der Waals surface area (Å²) in [5.41, 5.74) is 3.28. The van der Waals surface area contributed by atoms with Crippen LogP contribution < -0.4 is 4.90 Å². The van der Waals surface area contributed by atoms with Crippen molar-refractivity contribution in [2.24, 2.45) is 0 Å². The molecule has 0 N–H and O–H groups in total. The average molecular weight is 486 g/mol. The Kier molecular flexibility index (Phi) is 7.91. The molecule has 2 aliphatic rings. The fourth-order valence-corrected chi connectivity index (χ4v) is 5.65. The van der Waals surface area contributed by atoms with E-state index in [1.807, 2.05) is 42.6 Å². The molecule has 2 aliphatic heterocycles. The second kappa shape index (κ2) is 10.9. The largest absolute Gasteiger partial charge is 0.368 e. The van der Waals surface area contributed by atoms with E-state index in [0.29, 0.717) is 6.61 Å². The van der Waals surface area contributed by atoms with Crippen molar-refractivity contribution in [2.45, 2.75) is 25.5 Å². The summed E-state index contributed by atoms with van der Waals surface area (Å²) >= 11 is 1.82. The number of unbranched alkanes of at least 4 members (excludes halogenated alkanes) is 1. The zero-order chi connectivity index (χ0) is 21.9. The zero-order valence-corrected chi connectivity index (χ0v) is 20.7. The molecule has 0 aliphatic carbocycles. The lowest BCUT2D eigenvalue weighted by molar-refractivity contribution is -0.0405. The molecule has 176 valence electrons. The number of fused-ring (bicyclic) bond motifs is 2. The van der Waals surface area contributed by atoms with E-state index >= 15 is 0 Å². The molecule has 0 saturated carbocycles. The molecule has 1 unspecified atom stereocenters. The first kappa shape index (κ1) is 24.0. The summed E-state index contributed by atoms with van der Waals surface area (Å²) < 4.78 is 7.47. The van der Waals surface area contributed by atoms with E-state index in [-0.39, 0.29) is 24.5 Å². The third-order valence-electron chi connectivity index (χ3n) is 6.76. The highest BCUT2D eigenvalue weighted by Gasteiger charge is 2.29. The van der Waals surface area contributed by atoms with Gasteiger partial charge in [-0.25, -0.2) is 0 Å². The fourth-order valence-electron chi connectivity index (χ4n) is 4.85. The molecule has 5 rings (SSSR count). The van der Waals surface area contributed by atoms with Crippen molar-refractivity contribution in [2.75, 3.05) is 51.3 Å². The first-order chi connectivity index (χ1) is 15.7. The van der Waals surface area contributed by atoms with Crippen molar-refractivity contribution < 1.29 is 9.53 Å². The van der Waals surface area contributed by atoms with E-state index in [9.17, 15) is 4.79 Å². The number of halogens is 1. The fraction of sp³-hybridized carbons (Fsp3) is 0.423. The third-order valence-corrected chi connectivity index (χ3v) is 7.64. The number of nitrogens with zero attached hydrogens (tertiary/aromatic N) is 3. The molecule has 3 heterocycles. The monoisotopic (exact) mass is 485 g/mol. The van der Waals surface area contributed by atoms with Gasteiger partial charge in [-0.1, -0.05) is 24.3 Å². The summed E-state index contributed by atoms with van der Waals surface area (Å²) in [6, 6.07) is 16.8. The minimum absolute atomic E-state index is 0. The molecule has 1 aromatic heterocycles. The van der Waals surface area contributed by atoms with Gasteiger partial charge in [0.2, 0.25) is 0 Å². The second-order valence-corrected chi connectivity index (χ2v) is 9.70. The predicted molar refractivity (Wildman–Crippen MR) is 139 cm³/mol. The minimum atomic E-state index is -0.152. The zero-order valence-electron chi connectivity index (χ0n) is 19.1. The summed E-state index contributed by atoms with van der Waals surface area (Å²) in [7, 11) is 1.85. The standard InChI is InChI=1S/C26H31N3O2S.ClH/c1-27-25(19-20-7-2-3-8-21(20)26(27)30)31-17-5-4-12-28-13-15-29(16-14-28)23-9-6-10-24-22(23)11-18-32-24;/h2-3,6-11,18,25H,4-5,12-17,19H2,1H3;1H. The smallest absolute Gasteiger partial charge is 0.255 e.